The van der Waals surface area contributed by atoms with Crippen molar-refractivity contribution in [1.82, 2.24) is 0 Å². The molecule has 0 heterocycles. The van der Waals surface area contributed by atoms with Gasteiger partial charge >= 0.3 is 7.60 Å². The average molecular weight is 304 g/mol. The Kier molecular flexibility index (Phi) is 8.87. The van der Waals surface area contributed by atoms with Gasteiger partial charge in [-0.3, -0.25) is 9.13 Å². The number of hydrogen-bond acceptors (Lipinski definition) is 2. The van der Waals surface area contributed by atoms with Crippen molar-refractivity contribution >= 4 is 15.0 Å². The molecule has 0 saturated carbocycles. The van der Waals surface area contributed by atoms with Crippen LogP contribution in [0.25, 0.3) is 0 Å². The summed E-state index contributed by atoms with van der Waals surface area (Å²) in [7, 11) is -7.99. The number of hydrogen-bond donors (Lipinski definition) is 3. The second-order valence-electron chi connectivity index (χ2n) is 2.58. The predicted molar refractivity (Wildman–Crippen MR) is 46.2 cm³/mol. The van der Waals surface area contributed by atoms with Gasteiger partial charge in [-0.25, -0.2) is 0 Å². The molecule has 8 heteroatoms. The molecule has 1 atom stereocenters. The summed E-state index contributed by atoms with van der Waals surface area (Å²) in [6.07, 6.45) is 0.834. The number of unbranched alkanes of at least 4 members (excludes halogenated alkanes) is 1. The molecule has 0 aliphatic heterocycles. The van der Waals surface area contributed by atoms with Crippen LogP contribution in [-0.2, 0) is 41.8 Å². The molecular formula is C5H13O5P2Y-. The van der Waals surface area contributed by atoms with Crippen molar-refractivity contribution in [1.29, 1.82) is 0 Å². The molecule has 0 saturated heterocycles. The summed E-state index contributed by atoms with van der Waals surface area (Å²) < 4.78 is 21.4. The Morgan fingerprint density at radius 1 is 1.15 bits per heavy atom. The molecule has 13 heavy (non-hydrogen) atoms. The Morgan fingerprint density at radius 3 is 1.92 bits per heavy atom. The molecule has 77 valence electrons. The van der Waals surface area contributed by atoms with E-state index in [9.17, 15) is 9.13 Å². The topological polar surface area (TPSA) is 94.8 Å². The molecule has 3 N–H and O–H groups in total. The van der Waals surface area contributed by atoms with Crippen LogP contribution in [0.2, 0.25) is 0 Å². The smallest absolute Gasteiger partial charge is 0.335 e. The van der Waals surface area contributed by atoms with Gasteiger partial charge in [0.15, 0.2) is 0 Å². The summed E-state index contributed by atoms with van der Waals surface area (Å²) >= 11 is 0. The summed E-state index contributed by atoms with van der Waals surface area (Å²) in [5.74, 6) is -0.917. The van der Waals surface area contributed by atoms with E-state index in [1.165, 1.54) is 0 Å². The third-order valence-corrected chi connectivity index (χ3v) is 5.42. The first kappa shape index (κ1) is 16.9. The first-order valence-electron chi connectivity index (χ1n) is 3.41. The van der Waals surface area contributed by atoms with E-state index in [1.807, 2.05) is 0 Å². The van der Waals surface area contributed by atoms with Crippen LogP contribution in [0.15, 0.2) is 0 Å². The molecule has 0 aliphatic carbocycles. The molecule has 0 aliphatic rings. The van der Waals surface area contributed by atoms with E-state index in [4.69, 9.17) is 14.7 Å². The van der Waals surface area contributed by atoms with Crippen molar-refractivity contribution in [3.05, 3.63) is 6.92 Å². The normalized spacial score (nSPS) is 16.0. The van der Waals surface area contributed by atoms with Gasteiger partial charge in [-0.05, 0) is 0 Å². The third-order valence-electron chi connectivity index (χ3n) is 1.16. The minimum absolute atomic E-state index is 0. The van der Waals surface area contributed by atoms with Gasteiger partial charge in [-0.2, -0.15) is 6.42 Å². The molecule has 1 unspecified atom stereocenters. The Labute approximate surface area is 103 Å². The van der Waals surface area contributed by atoms with Crippen molar-refractivity contribution < 1.29 is 56.5 Å². The van der Waals surface area contributed by atoms with Gasteiger partial charge in [0.1, 0.15) is 5.90 Å². The first-order valence-corrected chi connectivity index (χ1v) is 7.24. The van der Waals surface area contributed by atoms with Gasteiger partial charge in [-0.15, -0.1) is 0 Å². The second kappa shape index (κ2) is 6.84. The molecule has 0 rings (SSSR count). The zero-order valence-corrected chi connectivity index (χ0v) is 11.8. The largest absolute Gasteiger partial charge is 0.344 e. The molecule has 0 aromatic rings. The van der Waals surface area contributed by atoms with Crippen LogP contribution in [0.5, 0.6) is 0 Å². The second-order valence-corrected chi connectivity index (χ2v) is 7.18. The van der Waals surface area contributed by atoms with Gasteiger partial charge in [0, 0.05) is 38.9 Å². The molecule has 5 nitrogen and oxygen atoms in total. The van der Waals surface area contributed by atoms with Gasteiger partial charge in [0.25, 0.3) is 0 Å². The van der Waals surface area contributed by atoms with E-state index in [1.54, 1.807) is 0 Å². The van der Waals surface area contributed by atoms with Gasteiger partial charge in [-0.1, -0.05) is 6.42 Å². The van der Waals surface area contributed by atoms with Crippen LogP contribution < -0.4 is 0 Å². The summed E-state index contributed by atoms with van der Waals surface area (Å²) in [5, 5.41) is 0. The molecular weight excluding hydrogens is 291 g/mol. The van der Waals surface area contributed by atoms with E-state index >= 15 is 0 Å². The molecule has 0 aromatic heterocycles. The standard InChI is InChI=1S/C5H13O5P2.Y/c1-2-3-4-11(6,7)5-12(8,9)10;/h1-5H2,(H,6,7)(H2,8,9,10);/q-1;. The van der Waals surface area contributed by atoms with Crippen LogP contribution in [-0.4, -0.2) is 26.7 Å². The molecule has 0 aromatic carbocycles. The third kappa shape index (κ3) is 11.4. The van der Waals surface area contributed by atoms with Crippen LogP contribution in [0.4, 0.5) is 0 Å². The summed E-state index contributed by atoms with van der Waals surface area (Å²) in [5.41, 5.74) is 0. The van der Waals surface area contributed by atoms with Crippen LogP contribution in [0.1, 0.15) is 12.8 Å². The fraction of sp³-hybridized carbons (Fsp3) is 0.800. The maximum atomic E-state index is 11.0. The maximum Gasteiger partial charge on any atom is 0.335 e. The maximum absolute atomic E-state index is 11.0. The molecule has 0 amide bonds. The van der Waals surface area contributed by atoms with Gasteiger partial charge < -0.3 is 21.6 Å². The van der Waals surface area contributed by atoms with E-state index in [0.717, 1.165) is 0 Å². The molecule has 0 bridgehead atoms. The zero-order chi connectivity index (χ0) is 9.83. The van der Waals surface area contributed by atoms with Crippen molar-refractivity contribution in [3.63, 3.8) is 0 Å². The predicted octanol–water partition coefficient (Wildman–Crippen LogP) is 1.00. The van der Waals surface area contributed by atoms with E-state index < -0.39 is 20.9 Å². The van der Waals surface area contributed by atoms with Crippen molar-refractivity contribution in [3.8, 4) is 0 Å². The Morgan fingerprint density at radius 2 is 1.62 bits per heavy atom. The van der Waals surface area contributed by atoms with Crippen LogP contribution >= 0.6 is 15.0 Å². The minimum atomic E-state index is -4.36. The van der Waals surface area contributed by atoms with Crippen molar-refractivity contribution in [2.24, 2.45) is 0 Å². The Bertz CT molecular complexity index is 225. The van der Waals surface area contributed by atoms with E-state index in [0.29, 0.717) is 12.8 Å². The fourth-order valence-electron chi connectivity index (χ4n) is 0.717. The average Bonchev–Trinajstić information content (AvgIpc) is 1.78. The van der Waals surface area contributed by atoms with Gasteiger partial charge in [0.2, 0.25) is 7.37 Å². The summed E-state index contributed by atoms with van der Waals surface area (Å²) in [6, 6.07) is 0. The summed E-state index contributed by atoms with van der Waals surface area (Å²) in [6.45, 7) is 3.46. The zero-order valence-electron chi connectivity index (χ0n) is 7.17. The quantitative estimate of drug-likeness (QED) is 0.520. The number of rotatable bonds is 5. The van der Waals surface area contributed by atoms with E-state index in [-0.39, 0.29) is 38.9 Å². The Hall–Kier alpha value is 1.44. The van der Waals surface area contributed by atoms with Crippen LogP contribution in [0, 0.1) is 6.92 Å². The monoisotopic (exact) mass is 304 g/mol. The van der Waals surface area contributed by atoms with Crippen molar-refractivity contribution in [2.75, 3.05) is 12.1 Å². The van der Waals surface area contributed by atoms with Crippen molar-refractivity contribution in [2.45, 2.75) is 12.8 Å². The van der Waals surface area contributed by atoms with Crippen LogP contribution in [0.3, 0.4) is 0 Å². The SMILES string of the molecule is [CH2-]CCCP(=O)(O)CP(=O)(O)O.[Y]. The summed E-state index contributed by atoms with van der Waals surface area (Å²) in [4.78, 5) is 25.8. The Balaban J connectivity index is 0. The fourth-order valence-corrected chi connectivity index (χ4v) is 4.30. The molecule has 1 radical (unpaired) electrons. The minimum Gasteiger partial charge on any atom is -0.344 e. The molecule has 0 fully saturated rings. The van der Waals surface area contributed by atoms with Gasteiger partial charge in [0.05, 0.1) is 0 Å². The first-order chi connectivity index (χ1) is 5.27. The molecule has 0 spiro atoms. The van der Waals surface area contributed by atoms with E-state index in [2.05, 4.69) is 6.92 Å².